The van der Waals surface area contributed by atoms with Crippen LogP contribution in [0.5, 0.6) is 0 Å². The molecule has 1 fully saturated rings. The second-order valence-corrected chi connectivity index (χ2v) is 5.49. The zero-order valence-corrected chi connectivity index (χ0v) is 11.3. The summed E-state index contributed by atoms with van der Waals surface area (Å²) >= 11 is 0. The molecule has 0 saturated heterocycles. The highest BCUT2D eigenvalue weighted by molar-refractivity contribution is 5.45. The minimum atomic E-state index is 0.204. The van der Waals surface area contributed by atoms with Crippen molar-refractivity contribution >= 4 is 11.6 Å². The molecule has 2 aromatic heterocycles. The van der Waals surface area contributed by atoms with Crippen LogP contribution in [0.4, 0.5) is 5.95 Å². The lowest BCUT2D eigenvalue weighted by atomic mass is 10.0. The Morgan fingerprint density at radius 1 is 1.32 bits per heavy atom. The van der Waals surface area contributed by atoms with Crippen LogP contribution >= 0.6 is 0 Å². The maximum absolute atomic E-state index is 6.22. The van der Waals surface area contributed by atoms with Gasteiger partial charge in [0.25, 0.3) is 0 Å². The fourth-order valence-corrected chi connectivity index (χ4v) is 2.73. The molecular formula is C14H21N5. The minimum Gasteiger partial charge on any atom is -0.349 e. The Hall–Kier alpha value is -1.62. The molecule has 1 aliphatic rings. The van der Waals surface area contributed by atoms with Crippen molar-refractivity contribution < 1.29 is 0 Å². The Balaban J connectivity index is 1.80. The SMILES string of the molecule is Cc1ccn2nc(NC3CCCCCC3N)nc2c1. The molecule has 2 atom stereocenters. The maximum atomic E-state index is 6.22. The van der Waals surface area contributed by atoms with Gasteiger partial charge in [-0.2, -0.15) is 4.98 Å². The summed E-state index contributed by atoms with van der Waals surface area (Å²) in [6.45, 7) is 2.06. The van der Waals surface area contributed by atoms with Gasteiger partial charge >= 0.3 is 0 Å². The summed E-state index contributed by atoms with van der Waals surface area (Å²) < 4.78 is 1.80. The summed E-state index contributed by atoms with van der Waals surface area (Å²) in [5.41, 5.74) is 8.29. The predicted molar refractivity (Wildman–Crippen MR) is 76.2 cm³/mol. The van der Waals surface area contributed by atoms with Crippen molar-refractivity contribution in [2.24, 2.45) is 5.73 Å². The number of aromatic nitrogens is 3. The van der Waals surface area contributed by atoms with Gasteiger partial charge in [-0.3, -0.25) is 0 Å². The summed E-state index contributed by atoms with van der Waals surface area (Å²) in [6.07, 6.45) is 7.88. The second kappa shape index (κ2) is 5.17. The van der Waals surface area contributed by atoms with Gasteiger partial charge < -0.3 is 11.1 Å². The standard InChI is InChI=1S/C14H21N5/c1-10-7-8-19-13(9-10)17-14(18-19)16-12-6-4-2-3-5-11(12)15/h7-9,11-12H,2-6,15H2,1H3,(H,16,18). The second-order valence-electron chi connectivity index (χ2n) is 5.49. The molecule has 5 heteroatoms. The average molecular weight is 259 g/mol. The number of nitrogens with one attached hydrogen (secondary N) is 1. The van der Waals surface area contributed by atoms with Crippen LogP contribution in [0.1, 0.15) is 37.7 Å². The molecule has 2 heterocycles. The van der Waals surface area contributed by atoms with Crippen LogP contribution < -0.4 is 11.1 Å². The molecule has 0 amide bonds. The molecule has 3 rings (SSSR count). The average Bonchev–Trinajstić information content (AvgIpc) is 2.66. The summed E-state index contributed by atoms with van der Waals surface area (Å²) in [4.78, 5) is 4.52. The summed E-state index contributed by atoms with van der Waals surface area (Å²) in [5, 5.41) is 7.86. The van der Waals surface area contributed by atoms with Crippen molar-refractivity contribution in [3.05, 3.63) is 23.9 Å². The molecule has 0 spiro atoms. The lowest BCUT2D eigenvalue weighted by Gasteiger charge is -2.21. The van der Waals surface area contributed by atoms with E-state index in [0.717, 1.165) is 18.5 Å². The fourth-order valence-electron chi connectivity index (χ4n) is 2.73. The van der Waals surface area contributed by atoms with Crippen LogP contribution in [-0.2, 0) is 0 Å². The number of anilines is 1. The van der Waals surface area contributed by atoms with Crippen LogP contribution in [0.3, 0.4) is 0 Å². The van der Waals surface area contributed by atoms with Crippen molar-refractivity contribution in [2.45, 2.75) is 51.1 Å². The number of fused-ring (bicyclic) bond motifs is 1. The third-order valence-electron chi connectivity index (χ3n) is 3.88. The summed E-state index contributed by atoms with van der Waals surface area (Å²) in [7, 11) is 0. The zero-order chi connectivity index (χ0) is 13.2. The third-order valence-corrected chi connectivity index (χ3v) is 3.88. The van der Waals surface area contributed by atoms with Crippen LogP contribution in [-0.4, -0.2) is 26.7 Å². The van der Waals surface area contributed by atoms with E-state index in [2.05, 4.69) is 22.3 Å². The predicted octanol–water partition coefficient (Wildman–Crippen LogP) is 2.11. The lowest BCUT2D eigenvalue weighted by molar-refractivity contribution is 0.525. The summed E-state index contributed by atoms with van der Waals surface area (Å²) in [6, 6.07) is 4.56. The van der Waals surface area contributed by atoms with Gasteiger partial charge in [-0.1, -0.05) is 19.3 Å². The number of rotatable bonds is 2. The molecular weight excluding hydrogens is 238 g/mol. The molecule has 0 aliphatic heterocycles. The van der Waals surface area contributed by atoms with E-state index in [9.17, 15) is 0 Å². The van der Waals surface area contributed by atoms with E-state index in [1.165, 1.54) is 24.8 Å². The largest absolute Gasteiger partial charge is 0.349 e. The first kappa shape index (κ1) is 12.4. The highest BCUT2D eigenvalue weighted by atomic mass is 15.3. The van der Waals surface area contributed by atoms with E-state index in [1.54, 1.807) is 4.52 Å². The van der Waals surface area contributed by atoms with Gasteiger partial charge in [0.15, 0.2) is 5.65 Å². The Bertz CT molecular complexity index is 562. The van der Waals surface area contributed by atoms with E-state index in [-0.39, 0.29) is 6.04 Å². The summed E-state index contributed by atoms with van der Waals surface area (Å²) in [5.74, 6) is 0.688. The highest BCUT2D eigenvalue weighted by Crippen LogP contribution is 2.19. The van der Waals surface area contributed by atoms with E-state index in [0.29, 0.717) is 12.0 Å². The topological polar surface area (TPSA) is 68.2 Å². The Morgan fingerprint density at radius 3 is 3.05 bits per heavy atom. The molecule has 0 bridgehead atoms. The Labute approximate surface area is 113 Å². The monoisotopic (exact) mass is 259 g/mol. The molecule has 3 N–H and O–H groups in total. The van der Waals surface area contributed by atoms with Crippen LogP contribution in [0, 0.1) is 6.92 Å². The van der Waals surface area contributed by atoms with E-state index < -0.39 is 0 Å². The molecule has 2 aromatic rings. The van der Waals surface area contributed by atoms with Crippen LogP contribution in [0.15, 0.2) is 18.3 Å². The van der Waals surface area contributed by atoms with E-state index >= 15 is 0 Å². The maximum Gasteiger partial charge on any atom is 0.243 e. The molecule has 0 aromatic carbocycles. The van der Waals surface area contributed by atoms with Crippen molar-refractivity contribution in [3.8, 4) is 0 Å². The highest BCUT2D eigenvalue weighted by Gasteiger charge is 2.21. The van der Waals surface area contributed by atoms with Crippen LogP contribution in [0.25, 0.3) is 5.65 Å². The van der Waals surface area contributed by atoms with Gasteiger partial charge in [-0.15, -0.1) is 5.10 Å². The van der Waals surface area contributed by atoms with E-state index in [4.69, 9.17) is 5.73 Å². The molecule has 1 aliphatic carbocycles. The number of nitrogens with zero attached hydrogens (tertiary/aromatic N) is 3. The van der Waals surface area contributed by atoms with Crippen molar-refractivity contribution in [1.82, 2.24) is 14.6 Å². The Kier molecular flexibility index (Phi) is 3.38. The minimum absolute atomic E-state index is 0.204. The van der Waals surface area contributed by atoms with Gasteiger partial charge in [0, 0.05) is 18.3 Å². The zero-order valence-electron chi connectivity index (χ0n) is 11.3. The molecule has 1 saturated carbocycles. The first-order valence-corrected chi connectivity index (χ1v) is 7.07. The van der Waals surface area contributed by atoms with Crippen molar-refractivity contribution in [2.75, 3.05) is 5.32 Å². The lowest BCUT2D eigenvalue weighted by Crippen LogP contribution is -2.39. The van der Waals surface area contributed by atoms with Gasteiger partial charge in [0.2, 0.25) is 5.95 Å². The smallest absolute Gasteiger partial charge is 0.243 e. The normalized spacial score (nSPS) is 24.3. The molecule has 5 nitrogen and oxygen atoms in total. The number of nitrogens with two attached hydrogens (primary N) is 1. The molecule has 102 valence electrons. The molecule has 19 heavy (non-hydrogen) atoms. The third kappa shape index (κ3) is 2.71. The number of pyridine rings is 1. The van der Waals surface area contributed by atoms with E-state index in [1.807, 2.05) is 18.3 Å². The first-order chi connectivity index (χ1) is 9.22. The number of hydrogen-bond acceptors (Lipinski definition) is 4. The molecule has 2 unspecified atom stereocenters. The van der Waals surface area contributed by atoms with Gasteiger partial charge in [-0.25, -0.2) is 4.52 Å². The quantitative estimate of drug-likeness (QED) is 0.811. The van der Waals surface area contributed by atoms with Gasteiger partial charge in [-0.05, 0) is 37.5 Å². The first-order valence-electron chi connectivity index (χ1n) is 7.07. The van der Waals surface area contributed by atoms with Crippen LogP contribution in [0.2, 0.25) is 0 Å². The van der Waals surface area contributed by atoms with Gasteiger partial charge in [0.05, 0.1) is 0 Å². The number of aryl methyl sites for hydroxylation is 1. The fraction of sp³-hybridized carbons (Fsp3) is 0.571. The molecule has 0 radical (unpaired) electrons. The van der Waals surface area contributed by atoms with Gasteiger partial charge in [0.1, 0.15) is 0 Å². The Morgan fingerprint density at radius 2 is 2.16 bits per heavy atom. The van der Waals surface area contributed by atoms with Crippen molar-refractivity contribution in [1.29, 1.82) is 0 Å². The van der Waals surface area contributed by atoms with Crippen molar-refractivity contribution in [3.63, 3.8) is 0 Å². The number of hydrogen-bond donors (Lipinski definition) is 2.